The summed E-state index contributed by atoms with van der Waals surface area (Å²) >= 11 is 0. The summed E-state index contributed by atoms with van der Waals surface area (Å²) < 4.78 is 11.7. The third kappa shape index (κ3) is 2.47. The van der Waals surface area contributed by atoms with Gasteiger partial charge in [0, 0.05) is 6.42 Å². The highest BCUT2D eigenvalue weighted by Crippen LogP contribution is 2.32. The van der Waals surface area contributed by atoms with Crippen LogP contribution in [0.15, 0.2) is 12.1 Å². The van der Waals surface area contributed by atoms with Crippen LogP contribution in [0.1, 0.15) is 36.5 Å². The van der Waals surface area contributed by atoms with E-state index in [2.05, 4.69) is 39.8 Å². The van der Waals surface area contributed by atoms with Crippen molar-refractivity contribution in [2.75, 3.05) is 13.2 Å². The van der Waals surface area contributed by atoms with Crippen molar-refractivity contribution in [3.8, 4) is 5.75 Å². The second-order valence-electron chi connectivity index (χ2n) is 5.15. The Kier molecular flexibility index (Phi) is 3.43. The number of ether oxygens (including phenoxy) is 2. The molecule has 1 fully saturated rings. The molecule has 0 saturated carbocycles. The molecule has 2 rings (SSSR count). The van der Waals surface area contributed by atoms with Gasteiger partial charge in [0.1, 0.15) is 18.0 Å². The van der Waals surface area contributed by atoms with Crippen molar-refractivity contribution in [2.24, 2.45) is 0 Å². The van der Waals surface area contributed by atoms with Crippen LogP contribution in [0.25, 0.3) is 0 Å². The predicted molar refractivity (Wildman–Crippen MR) is 69.7 cm³/mol. The maximum absolute atomic E-state index is 6.00. The zero-order valence-corrected chi connectivity index (χ0v) is 11.3. The molecule has 1 atom stereocenters. The summed E-state index contributed by atoms with van der Waals surface area (Å²) in [4.78, 5) is 0. The number of benzene rings is 1. The Labute approximate surface area is 104 Å². The molecule has 1 heterocycles. The first-order valence-corrected chi connectivity index (χ1v) is 6.41. The molecule has 1 aliphatic rings. The molecule has 1 aromatic carbocycles. The molecule has 1 aliphatic heterocycles. The molecule has 17 heavy (non-hydrogen) atoms. The van der Waals surface area contributed by atoms with Gasteiger partial charge in [-0.05, 0) is 38.3 Å². The van der Waals surface area contributed by atoms with Crippen molar-refractivity contribution in [1.82, 2.24) is 0 Å². The van der Waals surface area contributed by atoms with E-state index in [0.717, 1.165) is 25.2 Å². The second kappa shape index (κ2) is 4.69. The van der Waals surface area contributed by atoms with Gasteiger partial charge in [0.25, 0.3) is 0 Å². The van der Waals surface area contributed by atoms with Crippen molar-refractivity contribution in [1.29, 1.82) is 0 Å². The van der Waals surface area contributed by atoms with Crippen LogP contribution in [0.3, 0.4) is 0 Å². The third-order valence-corrected chi connectivity index (χ3v) is 3.69. The van der Waals surface area contributed by atoms with Gasteiger partial charge in [0.15, 0.2) is 0 Å². The number of rotatable bonds is 4. The average molecular weight is 234 g/mol. The molecule has 0 N–H and O–H groups in total. The van der Waals surface area contributed by atoms with Gasteiger partial charge in [0.05, 0.1) is 6.61 Å². The second-order valence-corrected chi connectivity index (χ2v) is 5.15. The lowest BCUT2D eigenvalue weighted by Crippen LogP contribution is -2.48. The Bertz CT molecular complexity index is 377. The SMILES string of the molecule is CCC1(COc2c(C)cc(C)cc2C)CCO1. The molecule has 1 saturated heterocycles. The molecular formula is C15H22O2. The van der Waals surface area contributed by atoms with Crippen LogP contribution >= 0.6 is 0 Å². The van der Waals surface area contributed by atoms with Crippen LogP contribution in [0.2, 0.25) is 0 Å². The van der Waals surface area contributed by atoms with Crippen LogP contribution in [0, 0.1) is 20.8 Å². The Morgan fingerprint density at radius 3 is 2.24 bits per heavy atom. The van der Waals surface area contributed by atoms with Crippen molar-refractivity contribution in [2.45, 2.75) is 46.1 Å². The van der Waals surface area contributed by atoms with E-state index in [1.807, 2.05) is 0 Å². The van der Waals surface area contributed by atoms with E-state index in [0.29, 0.717) is 6.61 Å². The van der Waals surface area contributed by atoms with Gasteiger partial charge < -0.3 is 9.47 Å². The summed E-state index contributed by atoms with van der Waals surface area (Å²) in [6.45, 7) is 10.0. The van der Waals surface area contributed by atoms with Crippen molar-refractivity contribution in [3.05, 3.63) is 28.8 Å². The monoisotopic (exact) mass is 234 g/mol. The van der Waals surface area contributed by atoms with Gasteiger partial charge in [-0.3, -0.25) is 0 Å². The zero-order chi connectivity index (χ0) is 12.5. The molecule has 1 unspecified atom stereocenters. The van der Waals surface area contributed by atoms with Gasteiger partial charge >= 0.3 is 0 Å². The lowest BCUT2D eigenvalue weighted by atomic mass is 9.93. The quantitative estimate of drug-likeness (QED) is 0.793. The first-order valence-electron chi connectivity index (χ1n) is 6.41. The van der Waals surface area contributed by atoms with Gasteiger partial charge in [-0.25, -0.2) is 0 Å². The van der Waals surface area contributed by atoms with Crippen molar-refractivity contribution < 1.29 is 9.47 Å². The lowest BCUT2D eigenvalue weighted by Gasteiger charge is -2.41. The van der Waals surface area contributed by atoms with Crippen molar-refractivity contribution in [3.63, 3.8) is 0 Å². The molecule has 0 amide bonds. The normalized spacial score (nSPS) is 23.3. The van der Waals surface area contributed by atoms with E-state index in [9.17, 15) is 0 Å². The summed E-state index contributed by atoms with van der Waals surface area (Å²) in [6, 6.07) is 4.34. The Morgan fingerprint density at radius 2 is 1.82 bits per heavy atom. The fourth-order valence-corrected chi connectivity index (χ4v) is 2.48. The maximum atomic E-state index is 6.00. The first kappa shape index (κ1) is 12.4. The smallest absolute Gasteiger partial charge is 0.125 e. The topological polar surface area (TPSA) is 18.5 Å². The largest absolute Gasteiger partial charge is 0.490 e. The van der Waals surface area contributed by atoms with Crippen LogP contribution < -0.4 is 4.74 Å². The summed E-state index contributed by atoms with van der Waals surface area (Å²) in [6.07, 6.45) is 2.14. The molecular weight excluding hydrogens is 212 g/mol. The molecule has 0 radical (unpaired) electrons. The lowest BCUT2D eigenvalue weighted by molar-refractivity contribution is -0.166. The fourth-order valence-electron chi connectivity index (χ4n) is 2.48. The van der Waals surface area contributed by atoms with E-state index in [4.69, 9.17) is 9.47 Å². The van der Waals surface area contributed by atoms with Crippen molar-refractivity contribution >= 4 is 0 Å². The zero-order valence-electron chi connectivity index (χ0n) is 11.3. The maximum Gasteiger partial charge on any atom is 0.125 e. The molecule has 1 aromatic rings. The summed E-state index contributed by atoms with van der Waals surface area (Å²) in [5.41, 5.74) is 3.70. The van der Waals surface area contributed by atoms with E-state index < -0.39 is 0 Å². The average Bonchev–Trinajstić information content (AvgIpc) is 2.19. The number of aryl methyl sites for hydroxylation is 3. The minimum absolute atomic E-state index is 0.0240. The minimum atomic E-state index is -0.0240. The first-order chi connectivity index (χ1) is 8.06. The van der Waals surface area contributed by atoms with Gasteiger partial charge in [-0.2, -0.15) is 0 Å². The molecule has 0 aliphatic carbocycles. The van der Waals surface area contributed by atoms with Crippen LogP contribution in [-0.4, -0.2) is 18.8 Å². The summed E-state index contributed by atoms with van der Waals surface area (Å²) in [5, 5.41) is 0. The molecule has 2 nitrogen and oxygen atoms in total. The highest BCUT2D eigenvalue weighted by molar-refractivity contribution is 5.43. The number of hydrogen-bond acceptors (Lipinski definition) is 2. The van der Waals surface area contributed by atoms with Gasteiger partial charge in [0.2, 0.25) is 0 Å². The molecule has 0 bridgehead atoms. The summed E-state index contributed by atoms with van der Waals surface area (Å²) in [7, 11) is 0. The minimum Gasteiger partial charge on any atom is -0.490 e. The van der Waals surface area contributed by atoms with E-state index in [1.54, 1.807) is 0 Å². The Balaban J connectivity index is 2.09. The van der Waals surface area contributed by atoms with Crippen LogP contribution in [-0.2, 0) is 4.74 Å². The predicted octanol–water partition coefficient (Wildman–Crippen LogP) is 3.56. The molecule has 94 valence electrons. The highest BCUT2D eigenvalue weighted by Gasteiger charge is 2.37. The number of hydrogen-bond donors (Lipinski definition) is 0. The standard InChI is InChI=1S/C15H22O2/c1-5-15(6-7-17-15)10-16-14-12(3)8-11(2)9-13(14)4/h8-9H,5-7,10H2,1-4H3. The van der Waals surface area contributed by atoms with Crippen LogP contribution in [0.4, 0.5) is 0 Å². The van der Waals surface area contributed by atoms with E-state index in [1.165, 1.54) is 16.7 Å². The molecule has 2 heteroatoms. The van der Waals surface area contributed by atoms with E-state index >= 15 is 0 Å². The third-order valence-electron chi connectivity index (χ3n) is 3.69. The Morgan fingerprint density at radius 1 is 1.24 bits per heavy atom. The van der Waals surface area contributed by atoms with E-state index in [-0.39, 0.29) is 5.60 Å². The molecule has 0 spiro atoms. The Hall–Kier alpha value is -1.02. The highest BCUT2D eigenvalue weighted by atomic mass is 16.6. The van der Waals surface area contributed by atoms with Gasteiger partial charge in [-0.1, -0.05) is 24.6 Å². The van der Waals surface area contributed by atoms with Gasteiger partial charge in [-0.15, -0.1) is 0 Å². The van der Waals surface area contributed by atoms with Crippen LogP contribution in [0.5, 0.6) is 5.75 Å². The summed E-state index contributed by atoms with van der Waals surface area (Å²) in [5.74, 6) is 1.03. The molecule has 0 aromatic heterocycles. The fraction of sp³-hybridized carbons (Fsp3) is 0.600.